The number of benzene rings is 3. The molecular formula is C24H23NO2. The number of rotatable bonds is 3. The monoisotopic (exact) mass is 357 g/mol. The lowest BCUT2D eigenvalue weighted by molar-refractivity contribution is 0.175. The molecule has 0 aliphatic heterocycles. The van der Waals surface area contributed by atoms with Crippen molar-refractivity contribution in [2.45, 2.75) is 26.3 Å². The quantitative estimate of drug-likeness (QED) is 0.612. The molecule has 0 aromatic heterocycles. The van der Waals surface area contributed by atoms with Gasteiger partial charge in [0.05, 0.1) is 6.04 Å². The van der Waals surface area contributed by atoms with Gasteiger partial charge in [0.25, 0.3) is 0 Å². The van der Waals surface area contributed by atoms with Crippen molar-refractivity contribution in [3.05, 3.63) is 83.9 Å². The summed E-state index contributed by atoms with van der Waals surface area (Å²) in [7, 11) is 0. The number of hydrogen-bond acceptors (Lipinski definition) is 1. The predicted octanol–water partition coefficient (Wildman–Crippen LogP) is 5.91. The first-order valence-electron chi connectivity index (χ1n) is 9.22. The van der Waals surface area contributed by atoms with Gasteiger partial charge < -0.3 is 10.4 Å². The van der Waals surface area contributed by atoms with Crippen molar-refractivity contribution in [2.75, 3.05) is 0 Å². The van der Waals surface area contributed by atoms with E-state index in [4.69, 9.17) is 0 Å². The Labute approximate surface area is 159 Å². The van der Waals surface area contributed by atoms with E-state index in [0.29, 0.717) is 0 Å². The molecule has 0 saturated carbocycles. The van der Waals surface area contributed by atoms with E-state index in [-0.39, 0.29) is 11.5 Å². The van der Waals surface area contributed by atoms with Gasteiger partial charge in [0, 0.05) is 0 Å². The van der Waals surface area contributed by atoms with Crippen molar-refractivity contribution in [3.8, 4) is 22.3 Å². The highest BCUT2D eigenvalue weighted by atomic mass is 16.4. The van der Waals surface area contributed by atoms with Crippen molar-refractivity contribution >= 4 is 6.09 Å². The second kappa shape index (κ2) is 6.58. The first-order valence-corrected chi connectivity index (χ1v) is 9.22. The Bertz CT molecular complexity index is 992. The number of fused-ring (bicyclic) bond motifs is 1. The van der Waals surface area contributed by atoms with Crippen molar-refractivity contribution in [1.29, 1.82) is 0 Å². The summed E-state index contributed by atoms with van der Waals surface area (Å²) in [5.41, 5.74) is 6.91. The molecule has 27 heavy (non-hydrogen) atoms. The molecule has 0 bridgehead atoms. The van der Waals surface area contributed by atoms with E-state index in [0.717, 1.165) is 12.0 Å². The summed E-state index contributed by atoms with van der Waals surface area (Å²) in [5.74, 6) is 0. The largest absolute Gasteiger partial charge is 0.465 e. The molecule has 0 fully saturated rings. The van der Waals surface area contributed by atoms with Crippen LogP contribution in [0.2, 0.25) is 0 Å². The molecule has 3 aromatic carbocycles. The van der Waals surface area contributed by atoms with Gasteiger partial charge in [-0.15, -0.1) is 0 Å². The van der Waals surface area contributed by atoms with Crippen LogP contribution in [0.1, 0.15) is 31.0 Å². The zero-order valence-corrected chi connectivity index (χ0v) is 15.6. The Kier molecular flexibility index (Phi) is 4.23. The Hall–Kier alpha value is -3.07. The molecule has 1 aliphatic rings. The average molecular weight is 357 g/mol. The van der Waals surface area contributed by atoms with Crippen molar-refractivity contribution in [1.82, 2.24) is 5.32 Å². The fourth-order valence-electron chi connectivity index (χ4n) is 4.14. The van der Waals surface area contributed by atoms with Crippen LogP contribution in [-0.2, 0) is 6.42 Å². The number of carbonyl (C=O) groups is 1. The van der Waals surface area contributed by atoms with Crippen molar-refractivity contribution in [2.24, 2.45) is 5.41 Å². The van der Waals surface area contributed by atoms with Crippen LogP contribution in [0.15, 0.2) is 72.8 Å². The van der Waals surface area contributed by atoms with Gasteiger partial charge in [-0.2, -0.15) is 0 Å². The molecule has 0 heterocycles. The molecule has 0 spiro atoms. The van der Waals surface area contributed by atoms with Crippen LogP contribution in [0.25, 0.3) is 22.3 Å². The molecule has 3 heteroatoms. The van der Waals surface area contributed by atoms with Crippen LogP contribution >= 0.6 is 0 Å². The van der Waals surface area contributed by atoms with E-state index >= 15 is 0 Å². The molecule has 2 N–H and O–H groups in total. The Morgan fingerprint density at radius 3 is 2.22 bits per heavy atom. The molecule has 3 aromatic rings. The molecule has 0 radical (unpaired) electrons. The molecule has 1 amide bonds. The maximum atomic E-state index is 11.2. The summed E-state index contributed by atoms with van der Waals surface area (Å²) in [6.45, 7) is 4.23. The summed E-state index contributed by atoms with van der Waals surface area (Å²) in [5, 5.41) is 11.9. The van der Waals surface area contributed by atoms with Gasteiger partial charge in [0.15, 0.2) is 0 Å². The highest BCUT2D eigenvalue weighted by Crippen LogP contribution is 2.46. The van der Waals surface area contributed by atoms with Crippen LogP contribution in [-0.4, -0.2) is 11.2 Å². The highest BCUT2D eigenvalue weighted by Gasteiger charge is 2.39. The Morgan fingerprint density at radius 1 is 0.889 bits per heavy atom. The van der Waals surface area contributed by atoms with Crippen molar-refractivity contribution < 1.29 is 9.90 Å². The molecule has 1 aliphatic carbocycles. The third-order valence-electron chi connectivity index (χ3n) is 5.45. The highest BCUT2D eigenvalue weighted by molar-refractivity contribution is 5.74. The lowest BCUT2D eigenvalue weighted by atomic mass is 9.85. The normalized spacial score (nSPS) is 17.3. The molecular weight excluding hydrogens is 334 g/mol. The minimum atomic E-state index is -0.972. The van der Waals surface area contributed by atoms with Crippen LogP contribution in [0.4, 0.5) is 4.79 Å². The molecule has 4 rings (SSSR count). The maximum absolute atomic E-state index is 11.2. The fourth-order valence-corrected chi connectivity index (χ4v) is 4.14. The summed E-state index contributed by atoms with van der Waals surface area (Å²) >= 11 is 0. The van der Waals surface area contributed by atoms with Crippen LogP contribution in [0.5, 0.6) is 0 Å². The van der Waals surface area contributed by atoms with Crippen molar-refractivity contribution in [3.63, 3.8) is 0 Å². The predicted molar refractivity (Wildman–Crippen MR) is 109 cm³/mol. The number of hydrogen-bond donors (Lipinski definition) is 2. The Morgan fingerprint density at radius 2 is 1.52 bits per heavy atom. The lowest BCUT2D eigenvalue weighted by Crippen LogP contribution is -2.34. The minimum absolute atomic E-state index is 0.134. The van der Waals surface area contributed by atoms with Gasteiger partial charge in [-0.1, -0.05) is 80.6 Å². The van der Waals surface area contributed by atoms with E-state index in [1.165, 1.54) is 27.8 Å². The average Bonchev–Trinajstić information content (AvgIpc) is 2.91. The van der Waals surface area contributed by atoms with Gasteiger partial charge >= 0.3 is 6.09 Å². The van der Waals surface area contributed by atoms with Gasteiger partial charge in [-0.25, -0.2) is 4.79 Å². The molecule has 136 valence electrons. The third kappa shape index (κ3) is 3.33. The van der Waals surface area contributed by atoms with Gasteiger partial charge in [-0.3, -0.25) is 0 Å². The smallest absolute Gasteiger partial charge is 0.405 e. The molecule has 0 saturated heterocycles. The molecule has 1 unspecified atom stereocenters. The van der Waals surface area contributed by atoms with Crippen LogP contribution < -0.4 is 5.32 Å². The zero-order chi connectivity index (χ0) is 19.0. The summed E-state index contributed by atoms with van der Waals surface area (Å²) in [6.07, 6.45) is -0.111. The first kappa shape index (κ1) is 17.3. The summed E-state index contributed by atoms with van der Waals surface area (Å²) in [6, 6.07) is 25.1. The second-order valence-corrected chi connectivity index (χ2v) is 7.91. The van der Waals surface area contributed by atoms with E-state index in [2.05, 4.69) is 85.9 Å². The first-order chi connectivity index (χ1) is 12.9. The van der Waals surface area contributed by atoms with Crippen LogP contribution in [0, 0.1) is 5.41 Å². The standard InChI is InChI=1S/C24H23NO2/c1-24(2)15-20-14-19(11-12-21(20)22(24)25-23(26)27)18-10-6-9-17(13-18)16-7-4-3-5-8-16/h3-14,22,25H,15H2,1-2H3,(H,26,27). The van der Waals surface area contributed by atoms with E-state index in [1.807, 2.05) is 6.07 Å². The summed E-state index contributed by atoms with van der Waals surface area (Å²) < 4.78 is 0. The number of carboxylic acid groups (broad SMARTS) is 1. The number of nitrogens with one attached hydrogen (secondary N) is 1. The molecule has 3 nitrogen and oxygen atoms in total. The zero-order valence-electron chi connectivity index (χ0n) is 15.6. The lowest BCUT2D eigenvalue weighted by Gasteiger charge is -2.27. The van der Waals surface area contributed by atoms with Gasteiger partial charge in [0.2, 0.25) is 0 Å². The Balaban J connectivity index is 1.71. The number of amides is 1. The second-order valence-electron chi connectivity index (χ2n) is 7.91. The third-order valence-corrected chi connectivity index (χ3v) is 5.45. The van der Waals surface area contributed by atoms with Gasteiger partial charge in [0.1, 0.15) is 0 Å². The molecule has 1 atom stereocenters. The fraction of sp³-hybridized carbons (Fsp3) is 0.208. The van der Waals surface area contributed by atoms with E-state index in [1.54, 1.807) is 0 Å². The minimum Gasteiger partial charge on any atom is -0.465 e. The maximum Gasteiger partial charge on any atom is 0.405 e. The topological polar surface area (TPSA) is 49.3 Å². The van der Waals surface area contributed by atoms with E-state index < -0.39 is 6.09 Å². The van der Waals surface area contributed by atoms with Crippen LogP contribution in [0.3, 0.4) is 0 Å². The summed E-state index contributed by atoms with van der Waals surface area (Å²) in [4.78, 5) is 11.2. The SMILES string of the molecule is CC1(C)Cc2cc(-c3cccc(-c4ccccc4)c3)ccc2C1NC(=O)O. The van der Waals surface area contributed by atoms with Gasteiger partial charge in [-0.05, 0) is 51.3 Å². The van der Waals surface area contributed by atoms with E-state index in [9.17, 15) is 9.90 Å².